The van der Waals surface area contributed by atoms with Gasteiger partial charge >= 0.3 is 0 Å². The molecule has 7 heteroatoms. The van der Waals surface area contributed by atoms with Gasteiger partial charge in [0.05, 0.1) is 12.6 Å². The lowest BCUT2D eigenvalue weighted by atomic mass is 10.1. The summed E-state index contributed by atoms with van der Waals surface area (Å²) in [5, 5.41) is 12.6. The number of hydrogen-bond donors (Lipinski definition) is 2. The van der Waals surface area contributed by atoms with Crippen molar-refractivity contribution in [1.82, 2.24) is 14.8 Å². The number of amides is 1. The van der Waals surface area contributed by atoms with Gasteiger partial charge < -0.3 is 14.8 Å². The van der Waals surface area contributed by atoms with Crippen LogP contribution in [0.25, 0.3) is 0 Å². The minimum absolute atomic E-state index is 0.253. The number of nitrogens with zero attached hydrogens (tertiary/aromatic N) is 3. The Bertz CT molecular complexity index is 797. The normalized spacial score (nSPS) is 16.9. The van der Waals surface area contributed by atoms with E-state index in [-0.39, 0.29) is 17.7 Å². The van der Waals surface area contributed by atoms with Crippen molar-refractivity contribution in [3.63, 3.8) is 0 Å². The number of piperazine rings is 1. The maximum atomic E-state index is 12.4. The summed E-state index contributed by atoms with van der Waals surface area (Å²) in [6.07, 6.45) is 1.94. The molecule has 1 fully saturated rings. The number of rotatable bonds is 7. The zero-order valence-corrected chi connectivity index (χ0v) is 16.9. The van der Waals surface area contributed by atoms with Gasteiger partial charge in [-0.1, -0.05) is 13.0 Å². The summed E-state index contributed by atoms with van der Waals surface area (Å²) in [6.45, 7) is 11.0. The molecule has 0 bridgehead atoms. The number of aliphatic hydroxyl groups excluding tert-OH is 1. The zero-order valence-electron chi connectivity index (χ0n) is 16.9. The molecule has 1 aromatic carbocycles. The first kappa shape index (κ1) is 20.5. The third-order valence-corrected chi connectivity index (χ3v) is 5.31. The van der Waals surface area contributed by atoms with E-state index in [1.807, 2.05) is 39.0 Å². The van der Waals surface area contributed by atoms with Crippen molar-refractivity contribution in [2.24, 2.45) is 0 Å². The van der Waals surface area contributed by atoms with Crippen LogP contribution in [0.15, 0.2) is 28.9 Å². The highest BCUT2D eigenvalue weighted by molar-refractivity contribution is 6.02. The van der Waals surface area contributed by atoms with Crippen LogP contribution < -0.4 is 5.32 Å². The molecule has 28 heavy (non-hydrogen) atoms. The number of carbonyl (C=O) groups excluding carboxylic acids is 1. The van der Waals surface area contributed by atoms with E-state index in [9.17, 15) is 9.90 Å². The van der Waals surface area contributed by atoms with Crippen LogP contribution in [0.2, 0.25) is 0 Å². The van der Waals surface area contributed by atoms with Crippen LogP contribution in [0.3, 0.4) is 0 Å². The molecule has 3 rings (SSSR count). The number of aromatic nitrogens is 1. The largest absolute Gasteiger partial charge is 0.447 e. The number of anilines is 1. The molecule has 2 aromatic rings. The molecule has 1 aliphatic rings. The first-order chi connectivity index (χ1) is 13.4. The summed E-state index contributed by atoms with van der Waals surface area (Å²) in [4.78, 5) is 21.3. The molecule has 7 nitrogen and oxygen atoms in total. The Balaban J connectivity index is 1.50. The number of aryl methyl sites for hydroxylation is 2. The van der Waals surface area contributed by atoms with Crippen molar-refractivity contribution in [2.45, 2.75) is 39.8 Å². The molecule has 1 amide bonds. The summed E-state index contributed by atoms with van der Waals surface area (Å²) >= 11 is 0. The maximum absolute atomic E-state index is 12.4. The maximum Gasteiger partial charge on any atom is 0.277 e. The number of aliphatic hydroxyl groups is 1. The number of hydrogen-bond acceptors (Lipinski definition) is 6. The van der Waals surface area contributed by atoms with Crippen LogP contribution in [0.4, 0.5) is 5.69 Å². The van der Waals surface area contributed by atoms with Gasteiger partial charge in [-0.15, -0.1) is 0 Å². The lowest BCUT2D eigenvalue weighted by Crippen LogP contribution is -2.48. The molecule has 152 valence electrons. The van der Waals surface area contributed by atoms with Gasteiger partial charge in [-0.2, -0.15) is 0 Å². The van der Waals surface area contributed by atoms with Gasteiger partial charge in [0.15, 0.2) is 5.69 Å². The third kappa shape index (κ3) is 5.41. The van der Waals surface area contributed by atoms with E-state index in [1.54, 1.807) is 0 Å². The minimum Gasteiger partial charge on any atom is -0.447 e. The topological polar surface area (TPSA) is 81.8 Å². The number of β-amino-alcohol motifs (C(OH)–C–C–N with tert-alkyl or cyclic N) is 1. The Kier molecular flexibility index (Phi) is 6.83. The highest BCUT2D eigenvalue weighted by Crippen LogP contribution is 2.16. The van der Waals surface area contributed by atoms with Crippen LogP contribution >= 0.6 is 0 Å². The number of benzene rings is 1. The Morgan fingerprint density at radius 2 is 1.93 bits per heavy atom. The van der Waals surface area contributed by atoms with E-state index in [0.717, 1.165) is 50.4 Å². The molecular formula is C21H30N4O3. The second-order valence-electron chi connectivity index (χ2n) is 7.52. The quantitative estimate of drug-likeness (QED) is 0.761. The fourth-order valence-corrected chi connectivity index (χ4v) is 3.25. The first-order valence-electron chi connectivity index (χ1n) is 9.90. The van der Waals surface area contributed by atoms with Crippen molar-refractivity contribution in [1.29, 1.82) is 0 Å². The van der Waals surface area contributed by atoms with Gasteiger partial charge in [-0.05, 0) is 43.5 Å². The molecule has 2 N–H and O–H groups in total. The summed E-state index contributed by atoms with van der Waals surface area (Å²) in [7, 11) is 0. The van der Waals surface area contributed by atoms with E-state index in [0.29, 0.717) is 12.4 Å². The van der Waals surface area contributed by atoms with Crippen LogP contribution in [-0.4, -0.2) is 64.6 Å². The van der Waals surface area contributed by atoms with E-state index < -0.39 is 0 Å². The molecule has 0 radical (unpaired) electrons. The number of nitrogens with one attached hydrogen (secondary N) is 1. The van der Waals surface area contributed by atoms with Gasteiger partial charge in [0.1, 0.15) is 6.26 Å². The van der Waals surface area contributed by atoms with Gasteiger partial charge in [0.25, 0.3) is 5.91 Å². The lowest BCUT2D eigenvalue weighted by molar-refractivity contribution is 0.0658. The molecule has 1 aromatic heterocycles. The monoisotopic (exact) mass is 386 g/mol. The molecule has 0 aliphatic carbocycles. The molecule has 0 saturated carbocycles. The van der Waals surface area contributed by atoms with Crippen LogP contribution in [-0.2, 0) is 6.54 Å². The molecule has 1 saturated heterocycles. The molecule has 1 aliphatic heterocycles. The molecule has 1 atom stereocenters. The average molecular weight is 386 g/mol. The SMILES string of the molecule is CC[C@H](O)CN1CCN(Cc2nc(C(=O)Nc3ccc(C)c(C)c3)co2)CC1. The fourth-order valence-electron chi connectivity index (χ4n) is 3.25. The van der Waals surface area contributed by atoms with Gasteiger partial charge in [0, 0.05) is 38.4 Å². The van der Waals surface area contributed by atoms with E-state index in [2.05, 4.69) is 20.1 Å². The Morgan fingerprint density at radius 3 is 2.61 bits per heavy atom. The molecule has 0 spiro atoms. The van der Waals surface area contributed by atoms with E-state index >= 15 is 0 Å². The molecular weight excluding hydrogens is 356 g/mol. The van der Waals surface area contributed by atoms with Gasteiger partial charge in [-0.3, -0.25) is 14.6 Å². The Morgan fingerprint density at radius 1 is 1.21 bits per heavy atom. The summed E-state index contributed by atoms with van der Waals surface area (Å²) in [6, 6.07) is 5.82. The minimum atomic E-state index is -0.267. The average Bonchev–Trinajstić information content (AvgIpc) is 3.15. The van der Waals surface area contributed by atoms with E-state index in [4.69, 9.17) is 4.42 Å². The second kappa shape index (κ2) is 9.32. The number of carbonyl (C=O) groups is 1. The summed E-state index contributed by atoms with van der Waals surface area (Å²) < 4.78 is 5.51. The third-order valence-electron chi connectivity index (χ3n) is 5.31. The second-order valence-corrected chi connectivity index (χ2v) is 7.52. The Hall–Kier alpha value is -2.22. The predicted molar refractivity (Wildman–Crippen MR) is 108 cm³/mol. The van der Waals surface area contributed by atoms with Crippen LogP contribution in [0, 0.1) is 13.8 Å². The lowest BCUT2D eigenvalue weighted by Gasteiger charge is -2.34. The highest BCUT2D eigenvalue weighted by Gasteiger charge is 2.21. The fraction of sp³-hybridized carbons (Fsp3) is 0.524. The Labute approximate surface area is 166 Å². The summed E-state index contributed by atoms with van der Waals surface area (Å²) in [5.41, 5.74) is 3.36. The standard InChI is InChI=1S/C21H30N4O3/c1-4-18(26)12-24-7-9-25(10-8-24)13-20-23-19(14-28-20)21(27)22-17-6-5-15(2)16(3)11-17/h5-6,11,14,18,26H,4,7-10,12-13H2,1-3H3,(H,22,27)/t18-/m0/s1. The predicted octanol–water partition coefficient (Wildman–Crippen LogP) is 2.43. The van der Waals surface area contributed by atoms with Crippen molar-refractivity contribution >= 4 is 11.6 Å². The highest BCUT2D eigenvalue weighted by atomic mass is 16.3. The van der Waals surface area contributed by atoms with E-state index in [1.165, 1.54) is 11.8 Å². The van der Waals surface area contributed by atoms with Crippen molar-refractivity contribution < 1.29 is 14.3 Å². The van der Waals surface area contributed by atoms with Crippen molar-refractivity contribution in [3.05, 3.63) is 47.2 Å². The van der Waals surface area contributed by atoms with Gasteiger partial charge in [0.2, 0.25) is 5.89 Å². The van der Waals surface area contributed by atoms with Crippen molar-refractivity contribution in [2.75, 3.05) is 38.0 Å². The van der Waals surface area contributed by atoms with Gasteiger partial charge in [-0.25, -0.2) is 4.98 Å². The summed E-state index contributed by atoms with van der Waals surface area (Å²) in [5.74, 6) is 0.281. The zero-order chi connectivity index (χ0) is 20.1. The molecule has 0 unspecified atom stereocenters. The molecule has 2 heterocycles. The number of oxazole rings is 1. The smallest absolute Gasteiger partial charge is 0.277 e. The van der Waals surface area contributed by atoms with Crippen molar-refractivity contribution in [3.8, 4) is 0 Å². The van der Waals surface area contributed by atoms with Crippen LogP contribution in [0.1, 0.15) is 40.9 Å². The van der Waals surface area contributed by atoms with Crippen LogP contribution in [0.5, 0.6) is 0 Å². The first-order valence-corrected chi connectivity index (χ1v) is 9.90.